The molecule has 1 unspecified atom stereocenters. The minimum Gasteiger partial charge on any atom is -0.480 e. The highest BCUT2D eigenvalue weighted by Crippen LogP contribution is 2.42. The van der Waals surface area contributed by atoms with Gasteiger partial charge in [-0.15, -0.1) is 0 Å². The summed E-state index contributed by atoms with van der Waals surface area (Å²) in [6.45, 7) is 0.603. The molecular formula is C15H18FNO2. The molecule has 0 radical (unpaired) electrons. The quantitative estimate of drug-likeness (QED) is 0.910. The molecule has 0 spiro atoms. The Morgan fingerprint density at radius 1 is 1.32 bits per heavy atom. The van der Waals surface area contributed by atoms with E-state index in [9.17, 15) is 14.3 Å². The van der Waals surface area contributed by atoms with E-state index in [0.717, 1.165) is 12.0 Å². The lowest BCUT2D eigenvalue weighted by molar-refractivity contribution is -0.158. The van der Waals surface area contributed by atoms with Gasteiger partial charge in [-0.2, -0.15) is 0 Å². The largest absolute Gasteiger partial charge is 0.480 e. The van der Waals surface area contributed by atoms with Crippen molar-refractivity contribution in [3.05, 3.63) is 35.9 Å². The lowest BCUT2D eigenvalue weighted by Crippen LogP contribution is -2.61. The summed E-state index contributed by atoms with van der Waals surface area (Å²) in [6, 6.07) is 9.24. The molecular weight excluding hydrogens is 245 g/mol. The van der Waals surface area contributed by atoms with Crippen LogP contribution < -0.4 is 0 Å². The Kier molecular flexibility index (Phi) is 3.27. The number of benzene rings is 1. The summed E-state index contributed by atoms with van der Waals surface area (Å²) in [5, 5.41) is 9.42. The number of carbonyl (C=O) groups is 1. The highest BCUT2D eigenvalue weighted by atomic mass is 19.1. The van der Waals surface area contributed by atoms with Gasteiger partial charge in [0, 0.05) is 18.5 Å². The number of nitrogens with zero attached hydrogens (tertiary/aromatic N) is 1. The van der Waals surface area contributed by atoms with Gasteiger partial charge in [0.15, 0.2) is 0 Å². The van der Waals surface area contributed by atoms with Gasteiger partial charge in [0.1, 0.15) is 12.2 Å². The van der Waals surface area contributed by atoms with Crippen LogP contribution in [0, 0.1) is 5.92 Å². The topological polar surface area (TPSA) is 40.5 Å². The number of aliphatic carboxylic acids is 1. The van der Waals surface area contributed by atoms with Gasteiger partial charge in [0.2, 0.25) is 0 Å². The predicted octanol–water partition coefficient (Wildman–Crippen LogP) is 2.46. The molecule has 4 heteroatoms. The van der Waals surface area contributed by atoms with E-state index in [0.29, 0.717) is 19.4 Å². The van der Waals surface area contributed by atoms with Crippen molar-refractivity contribution in [2.45, 2.75) is 44.1 Å². The fourth-order valence-electron chi connectivity index (χ4n) is 3.59. The average Bonchev–Trinajstić information content (AvgIpc) is 2.40. The van der Waals surface area contributed by atoms with Crippen molar-refractivity contribution in [1.82, 2.24) is 4.90 Å². The number of hydrogen-bond donors (Lipinski definition) is 1. The van der Waals surface area contributed by atoms with Gasteiger partial charge in [0.05, 0.1) is 0 Å². The first-order valence-electron chi connectivity index (χ1n) is 6.83. The Labute approximate surface area is 112 Å². The van der Waals surface area contributed by atoms with Crippen molar-refractivity contribution in [2.75, 3.05) is 0 Å². The minimum atomic E-state index is -0.952. The Hall–Kier alpha value is -1.42. The lowest BCUT2D eigenvalue weighted by Gasteiger charge is -2.51. The Balaban J connectivity index is 1.84. The van der Waals surface area contributed by atoms with E-state index in [1.165, 1.54) is 0 Å². The second-order valence-corrected chi connectivity index (χ2v) is 5.59. The zero-order valence-corrected chi connectivity index (χ0v) is 10.7. The molecule has 1 saturated carbocycles. The van der Waals surface area contributed by atoms with E-state index in [2.05, 4.69) is 0 Å². The molecule has 2 bridgehead atoms. The summed E-state index contributed by atoms with van der Waals surface area (Å²) in [5.74, 6) is -1.22. The number of rotatable bonds is 3. The molecule has 0 amide bonds. The summed E-state index contributed by atoms with van der Waals surface area (Å²) in [6.07, 6.45) is 1.16. The molecule has 3 aliphatic rings. The molecule has 1 N–H and O–H groups in total. The second-order valence-electron chi connectivity index (χ2n) is 5.59. The Morgan fingerprint density at radius 3 is 2.68 bits per heavy atom. The molecule has 1 aromatic carbocycles. The van der Waals surface area contributed by atoms with Crippen LogP contribution in [-0.4, -0.2) is 34.2 Å². The van der Waals surface area contributed by atoms with Crippen LogP contribution in [0.1, 0.15) is 24.8 Å². The van der Waals surface area contributed by atoms with Crippen LogP contribution in [0.15, 0.2) is 30.3 Å². The van der Waals surface area contributed by atoms with Crippen molar-refractivity contribution in [3.8, 4) is 0 Å². The highest BCUT2D eigenvalue weighted by Gasteiger charge is 2.50. The van der Waals surface area contributed by atoms with Gasteiger partial charge < -0.3 is 5.11 Å². The zero-order valence-electron chi connectivity index (χ0n) is 10.7. The van der Waals surface area contributed by atoms with Crippen LogP contribution in [0.2, 0.25) is 0 Å². The van der Waals surface area contributed by atoms with Gasteiger partial charge in [-0.05, 0) is 24.8 Å². The number of fused-ring (bicyclic) bond motifs is 3. The highest BCUT2D eigenvalue weighted by molar-refractivity contribution is 5.74. The number of halogens is 1. The number of piperidine rings is 2. The molecule has 1 aliphatic carbocycles. The van der Waals surface area contributed by atoms with E-state index in [-0.39, 0.29) is 12.0 Å². The van der Waals surface area contributed by atoms with Gasteiger partial charge in [-0.1, -0.05) is 30.3 Å². The van der Waals surface area contributed by atoms with Crippen molar-refractivity contribution >= 4 is 5.97 Å². The first-order valence-corrected chi connectivity index (χ1v) is 6.83. The van der Waals surface area contributed by atoms with Crippen molar-refractivity contribution in [2.24, 2.45) is 5.92 Å². The first kappa shape index (κ1) is 12.6. The lowest BCUT2D eigenvalue weighted by atomic mass is 9.73. The van der Waals surface area contributed by atoms with Crippen LogP contribution in [0.4, 0.5) is 4.39 Å². The molecule has 4 rings (SSSR count). The van der Waals surface area contributed by atoms with Crippen molar-refractivity contribution < 1.29 is 14.3 Å². The summed E-state index contributed by atoms with van der Waals surface area (Å²) < 4.78 is 13.9. The van der Waals surface area contributed by atoms with E-state index in [1.807, 2.05) is 35.2 Å². The normalized spacial score (nSPS) is 34.4. The molecule has 3 nitrogen and oxygen atoms in total. The predicted molar refractivity (Wildman–Crippen MR) is 69.4 cm³/mol. The van der Waals surface area contributed by atoms with Crippen LogP contribution in [-0.2, 0) is 11.3 Å². The minimum absolute atomic E-state index is 0.0707. The molecule has 4 atom stereocenters. The standard InChI is InChI=1S/C15H18FNO2/c16-13-8-11-6-7-12(13)14(15(18)19)17(11)9-10-4-2-1-3-5-10/h1-5,11-14H,6-9H2,(H,18,19)/t11-,12-,13?,14+/m1/s1. The average molecular weight is 263 g/mol. The molecule has 3 fully saturated rings. The molecule has 2 heterocycles. The van der Waals surface area contributed by atoms with Crippen LogP contribution in [0.25, 0.3) is 0 Å². The third-order valence-corrected chi connectivity index (χ3v) is 4.49. The number of carboxylic acid groups (broad SMARTS) is 1. The fraction of sp³-hybridized carbons (Fsp3) is 0.533. The fourth-order valence-corrected chi connectivity index (χ4v) is 3.59. The summed E-state index contributed by atoms with van der Waals surface area (Å²) in [4.78, 5) is 13.5. The summed E-state index contributed by atoms with van der Waals surface area (Å²) in [5.41, 5.74) is 1.09. The third kappa shape index (κ3) is 2.25. The molecule has 102 valence electrons. The van der Waals surface area contributed by atoms with Gasteiger partial charge in [0.25, 0.3) is 0 Å². The molecule has 2 aliphatic heterocycles. The maximum absolute atomic E-state index is 13.9. The molecule has 0 aromatic heterocycles. The maximum atomic E-state index is 13.9. The van der Waals surface area contributed by atoms with E-state index in [1.54, 1.807) is 0 Å². The number of carboxylic acids is 1. The smallest absolute Gasteiger partial charge is 0.321 e. The van der Waals surface area contributed by atoms with Gasteiger partial charge >= 0.3 is 5.97 Å². The van der Waals surface area contributed by atoms with E-state index in [4.69, 9.17) is 0 Å². The van der Waals surface area contributed by atoms with Gasteiger partial charge in [-0.3, -0.25) is 9.69 Å². The van der Waals surface area contributed by atoms with Crippen LogP contribution >= 0.6 is 0 Å². The number of alkyl halides is 1. The Bertz CT molecular complexity index is 464. The molecule has 1 aromatic rings. The van der Waals surface area contributed by atoms with Crippen molar-refractivity contribution in [1.29, 1.82) is 0 Å². The monoisotopic (exact) mass is 263 g/mol. The van der Waals surface area contributed by atoms with Crippen LogP contribution in [0.5, 0.6) is 0 Å². The summed E-state index contributed by atoms with van der Waals surface area (Å²) in [7, 11) is 0. The van der Waals surface area contributed by atoms with Crippen LogP contribution in [0.3, 0.4) is 0 Å². The number of hydrogen-bond acceptors (Lipinski definition) is 2. The zero-order chi connectivity index (χ0) is 13.4. The summed E-state index contributed by atoms with van der Waals surface area (Å²) >= 11 is 0. The third-order valence-electron chi connectivity index (χ3n) is 4.49. The van der Waals surface area contributed by atoms with E-state index >= 15 is 0 Å². The maximum Gasteiger partial charge on any atom is 0.321 e. The van der Waals surface area contributed by atoms with Gasteiger partial charge in [-0.25, -0.2) is 4.39 Å². The van der Waals surface area contributed by atoms with Crippen molar-refractivity contribution in [3.63, 3.8) is 0 Å². The first-order chi connectivity index (χ1) is 9.16. The molecule has 19 heavy (non-hydrogen) atoms. The van der Waals surface area contributed by atoms with E-state index < -0.39 is 18.2 Å². The SMILES string of the molecule is O=C(O)[C@@H]1[C@@H]2CC[C@H](CC2F)N1Cc1ccccc1. The molecule has 2 saturated heterocycles. The Morgan fingerprint density at radius 2 is 2.05 bits per heavy atom. The second kappa shape index (κ2) is 4.93.